The summed E-state index contributed by atoms with van der Waals surface area (Å²) in [6, 6.07) is 19.3. The molecule has 0 saturated carbocycles. The molecule has 2 heterocycles. The van der Waals surface area contributed by atoms with E-state index >= 15 is 0 Å². The number of hydrogen-bond acceptors (Lipinski definition) is 8. The molecule has 4 aromatic rings. The van der Waals surface area contributed by atoms with Crippen LogP contribution in [0.3, 0.4) is 0 Å². The number of β-amino-alcohol motifs (C(OH)–C–C–N with tert-alkyl or cyclic N) is 1. The Bertz CT molecular complexity index is 1740. The van der Waals surface area contributed by atoms with Gasteiger partial charge in [0, 0.05) is 61.4 Å². The first kappa shape index (κ1) is 33.2. The van der Waals surface area contributed by atoms with Gasteiger partial charge < -0.3 is 34.5 Å². The first-order chi connectivity index (χ1) is 22.1. The Labute approximate surface area is 272 Å². The van der Waals surface area contributed by atoms with Gasteiger partial charge in [-0.1, -0.05) is 35.9 Å². The molecule has 46 heavy (non-hydrogen) atoms. The van der Waals surface area contributed by atoms with Crippen LogP contribution in [0.1, 0.15) is 32.3 Å². The van der Waals surface area contributed by atoms with E-state index in [1.54, 1.807) is 25.3 Å². The molecule has 1 atom stereocenters. The number of aliphatic hydroxyl groups excluding tert-OH is 1. The summed E-state index contributed by atoms with van der Waals surface area (Å²) in [5.41, 5.74) is 5.62. The van der Waals surface area contributed by atoms with Crippen molar-refractivity contribution in [2.75, 3.05) is 40.0 Å². The number of hydrazone groups is 1. The Morgan fingerprint density at radius 3 is 2.65 bits per heavy atom. The first-order valence-corrected chi connectivity index (χ1v) is 15.6. The van der Waals surface area contributed by atoms with Gasteiger partial charge in [-0.25, -0.2) is 5.43 Å². The van der Waals surface area contributed by atoms with Crippen LogP contribution in [0.15, 0.2) is 65.8 Å². The number of aromatic nitrogens is 1. The molecule has 1 aliphatic heterocycles. The molecule has 0 fully saturated rings. The van der Waals surface area contributed by atoms with Crippen molar-refractivity contribution in [1.82, 2.24) is 20.6 Å². The largest absolute Gasteiger partial charge is 0.490 e. The number of fused-ring (bicyclic) bond motifs is 3. The lowest BCUT2D eigenvalue weighted by Crippen LogP contribution is -2.52. The minimum atomic E-state index is -0.781. The summed E-state index contributed by atoms with van der Waals surface area (Å²) in [4.78, 5) is 23.9. The number of carbonyl (C=O) groups excluding carboxylic acids is 2. The molecule has 0 spiro atoms. The molecule has 0 saturated heterocycles. The number of benzene rings is 3. The summed E-state index contributed by atoms with van der Waals surface area (Å²) >= 11 is 6.37. The average Bonchev–Trinajstić information content (AvgIpc) is 3.38. The fourth-order valence-corrected chi connectivity index (χ4v) is 5.54. The number of para-hydroxylation sites is 1. The van der Waals surface area contributed by atoms with Crippen molar-refractivity contribution < 1.29 is 28.9 Å². The molecule has 1 aromatic heterocycles. The SMILES string of the molecule is COCCn1c2ccccc2c2c(OCC(O)CNC(C)(C)CNC(=O)COc3ccc(C4=NNC(=O)CC4)cc3Cl)cccc21. The predicted molar refractivity (Wildman–Crippen MR) is 179 cm³/mol. The summed E-state index contributed by atoms with van der Waals surface area (Å²) in [5.74, 6) is 0.655. The molecule has 3 aromatic carbocycles. The van der Waals surface area contributed by atoms with Crippen LogP contribution in [0, 0.1) is 0 Å². The summed E-state index contributed by atoms with van der Waals surface area (Å²) in [7, 11) is 1.69. The highest BCUT2D eigenvalue weighted by molar-refractivity contribution is 6.32. The van der Waals surface area contributed by atoms with Crippen molar-refractivity contribution in [3.63, 3.8) is 0 Å². The number of rotatable bonds is 15. The highest BCUT2D eigenvalue weighted by Crippen LogP contribution is 2.35. The molecule has 1 unspecified atom stereocenters. The van der Waals surface area contributed by atoms with Crippen molar-refractivity contribution in [2.24, 2.45) is 5.10 Å². The zero-order valence-electron chi connectivity index (χ0n) is 26.3. The van der Waals surface area contributed by atoms with Crippen LogP contribution in [0.2, 0.25) is 5.02 Å². The fourth-order valence-electron chi connectivity index (χ4n) is 5.30. The molecule has 0 aliphatic carbocycles. The maximum Gasteiger partial charge on any atom is 0.258 e. The topological polar surface area (TPSA) is 135 Å². The van der Waals surface area contributed by atoms with E-state index in [1.165, 1.54) is 0 Å². The van der Waals surface area contributed by atoms with Gasteiger partial charge in [-0.15, -0.1) is 0 Å². The molecule has 5 rings (SSSR count). The lowest BCUT2D eigenvalue weighted by molar-refractivity contribution is -0.123. The van der Waals surface area contributed by atoms with Crippen molar-refractivity contribution in [3.05, 3.63) is 71.2 Å². The van der Waals surface area contributed by atoms with E-state index in [0.29, 0.717) is 49.1 Å². The number of amides is 2. The van der Waals surface area contributed by atoms with Crippen LogP contribution in [0.5, 0.6) is 11.5 Å². The van der Waals surface area contributed by atoms with Crippen molar-refractivity contribution in [3.8, 4) is 11.5 Å². The number of carbonyl (C=O) groups is 2. The zero-order chi connectivity index (χ0) is 32.7. The van der Waals surface area contributed by atoms with Gasteiger partial charge in [-0.2, -0.15) is 5.10 Å². The van der Waals surface area contributed by atoms with Gasteiger partial charge in [0.15, 0.2) is 6.61 Å². The van der Waals surface area contributed by atoms with Gasteiger partial charge in [0.2, 0.25) is 5.91 Å². The number of nitrogens with zero attached hydrogens (tertiary/aromatic N) is 2. The second-order valence-electron chi connectivity index (χ2n) is 11.8. The monoisotopic (exact) mass is 649 g/mol. The number of hydrogen-bond donors (Lipinski definition) is 4. The number of nitrogens with one attached hydrogen (secondary N) is 3. The lowest BCUT2D eigenvalue weighted by atomic mass is 10.0. The maximum atomic E-state index is 12.5. The van der Waals surface area contributed by atoms with Gasteiger partial charge in [0.25, 0.3) is 5.91 Å². The minimum absolute atomic E-state index is 0.0987. The molecule has 12 heteroatoms. The predicted octanol–water partition coefficient (Wildman–Crippen LogP) is 4.01. The summed E-state index contributed by atoms with van der Waals surface area (Å²) < 4.78 is 19.3. The van der Waals surface area contributed by atoms with Crippen LogP contribution >= 0.6 is 11.6 Å². The van der Waals surface area contributed by atoms with Gasteiger partial charge in [0.1, 0.15) is 24.2 Å². The third-order valence-electron chi connectivity index (χ3n) is 7.78. The van der Waals surface area contributed by atoms with Crippen LogP contribution in [-0.2, 0) is 20.9 Å². The van der Waals surface area contributed by atoms with Crippen LogP contribution in [-0.4, -0.2) is 78.9 Å². The first-order valence-electron chi connectivity index (χ1n) is 15.2. The van der Waals surface area contributed by atoms with Gasteiger partial charge in [-0.05, 0) is 55.8 Å². The van der Waals surface area contributed by atoms with E-state index in [4.69, 9.17) is 25.8 Å². The van der Waals surface area contributed by atoms with E-state index in [2.05, 4.69) is 43.9 Å². The summed E-state index contributed by atoms with van der Waals surface area (Å²) in [5, 5.41) is 23.4. The third kappa shape index (κ3) is 8.16. The number of halogens is 1. The highest BCUT2D eigenvalue weighted by Gasteiger charge is 2.21. The Balaban J connectivity index is 1.08. The van der Waals surface area contributed by atoms with Crippen molar-refractivity contribution in [2.45, 2.75) is 44.9 Å². The zero-order valence-corrected chi connectivity index (χ0v) is 27.0. The summed E-state index contributed by atoms with van der Waals surface area (Å²) in [6.45, 7) is 5.64. The standard InChI is InChI=1S/C34H40ClN5O6/c1-34(2,21-36-32(43)20-46-29-13-11-22(17-25(29)35)26-12-14-31(42)39-38-26)37-18-23(41)19-45-30-10-6-9-28-33(30)24-7-4-5-8-27(24)40(28)15-16-44-3/h4-11,13,17,23,37,41H,12,14-16,18-21H2,1-3H3,(H,36,43)(H,39,42). The number of methoxy groups -OCH3 is 1. The molecular formula is C34H40ClN5O6. The van der Waals surface area contributed by atoms with Gasteiger partial charge in [0.05, 0.1) is 22.9 Å². The maximum absolute atomic E-state index is 12.5. The molecular weight excluding hydrogens is 610 g/mol. The van der Waals surface area contributed by atoms with Crippen LogP contribution in [0.4, 0.5) is 0 Å². The molecule has 1 aliphatic rings. The molecule has 0 radical (unpaired) electrons. The Morgan fingerprint density at radius 1 is 1.09 bits per heavy atom. The van der Waals surface area contributed by atoms with E-state index in [0.717, 1.165) is 33.1 Å². The molecule has 4 N–H and O–H groups in total. The minimum Gasteiger partial charge on any atom is -0.490 e. The number of aliphatic hydroxyl groups is 1. The Morgan fingerprint density at radius 2 is 1.89 bits per heavy atom. The van der Waals surface area contributed by atoms with E-state index in [1.807, 2.05) is 38.1 Å². The Kier molecular flexibility index (Phi) is 10.8. The second kappa shape index (κ2) is 15.0. The van der Waals surface area contributed by atoms with Crippen molar-refractivity contribution in [1.29, 1.82) is 0 Å². The normalized spacial score (nSPS) is 14.2. The number of ether oxygens (including phenoxy) is 3. The molecule has 2 amide bonds. The van der Waals surface area contributed by atoms with E-state index < -0.39 is 11.6 Å². The highest BCUT2D eigenvalue weighted by atomic mass is 35.5. The lowest BCUT2D eigenvalue weighted by Gasteiger charge is -2.28. The second-order valence-corrected chi connectivity index (χ2v) is 12.3. The quantitative estimate of drug-likeness (QED) is 0.153. The van der Waals surface area contributed by atoms with E-state index in [-0.39, 0.29) is 31.6 Å². The summed E-state index contributed by atoms with van der Waals surface area (Å²) in [6.07, 6.45) is 0.111. The Hall–Kier alpha value is -4.16. The van der Waals surface area contributed by atoms with Crippen molar-refractivity contribution >= 4 is 50.9 Å². The van der Waals surface area contributed by atoms with E-state index in [9.17, 15) is 14.7 Å². The molecule has 244 valence electrons. The molecule has 11 nitrogen and oxygen atoms in total. The van der Waals surface area contributed by atoms with Crippen LogP contribution < -0.4 is 25.5 Å². The average molecular weight is 650 g/mol. The smallest absolute Gasteiger partial charge is 0.258 e. The van der Waals surface area contributed by atoms with Crippen LogP contribution in [0.25, 0.3) is 21.8 Å². The fraction of sp³-hybridized carbons (Fsp3) is 0.382. The third-order valence-corrected chi connectivity index (χ3v) is 8.08. The molecule has 0 bridgehead atoms. The van der Waals surface area contributed by atoms with Gasteiger partial charge in [-0.3, -0.25) is 9.59 Å². The van der Waals surface area contributed by atoms with Gasteiger partial charge >= 0.3 is 0 Å².